The number of imidazole rings is 1. The summed E-state index contributed by atoms with van der Waals surface area (Å²) in [5.74, 6) is 0.317. The Balaban J connectivity index is 1.66. The third-order valence-electron chi connectivity index (χ3n) is 4.14. The third-order valence-corrected chi connectivity index (χ3v) is 4.92. The molecule has 2 aromatic carbocycles. The Morgan fingerprint density at radius 2 is 1.85 bits per heavy atom. The summed E-state index contributed by atoms with van der Waals surface area (Å²) in [7, 11) is 1.32. The van der Waals surface area contributed by atoms with E-state index in [1.54, 1.807) is 6.07 Å². The SMILES string of the molecule is COC(=O)c1cnc(-c2ccc(-c3nc4ccc(Br)cc4[nH]3)cc2)c(Cl)c1. The van der Waals surface area contributed by atoms with Crippen molar-refractivity contribution in [1.29, 1.82) is 0 Å². The highest BCUT2D eigenvalue weighted by atomic mass is 79.9. The molecule has 134 valence electrons. The van der Waals surface area contributed by atoms with Crippen LogP contribution in [-0.4, -0.2) is 28.0 Å². The fourth-order valence-electron chi connectivity index (χ4n) is 2.78. The van der Waals surface area contributed by atoms with Gasteiger partial charge in [-0.3, -0.25) is 4.98 Å². The van der Waals surface area contributed by atoms with Crippen molar-refractivity contribution in [2.24, 2.45) is 0 Å². The predicted molar refractivity (Wildman–Crippen MR) is 109 cm³/mol. The summed E-state index contributed by atoms with van der Waals surface area (Å²) >= 11 is 9.76. The van der Waals surface area contributed by atoms with Gasteiger partial charge in [0.25, 0.3) is 0 Å². The number of methoxy groups -OCH3 is 1. The first-order valence-electron chi connectivity index (χ1n) is 8.05. The zero-order chi connectivity index (χ0) is 19.0. The molecule has 4 aromatic rings. The van der Waals surface area contributed by atoms with Gasteiger partial charge < -0.3 is 9.72 Å². The number of nitrogens with zero attached hydrogens (tertiary/aromatic N) is 2. The minimum Gasteiger partial charge on any atom is -0.465 e. The largest absolute Gasteiger partial charge is 0.465 e. The number of fused-ring (bicyclic) bond motifs is 1. The van der Waals surface area contributed by atoms with Gasteiger partial charge in [-0.25, -0.2) is 9.78 Å². The number of nitrogens with one attached hydrogen (secondary N) is 1. The van der Waals surface area contributed by atoms with Crippen molar-refractivity contribution in [2.45, 2.75) is 0 Å². The van der Waals surface area contributed by atoms with Crippen molar-refractivity contribution in [2.75, 3.05) is 7.11 Å². The number of hydrogen-bond donors (Lipinski definition) is 1. The van der Waals surface area contributed by atoms with E-state index in [4.69, 9.17) is 11.6 Å². The second-order valence-corrected chi connectivity index (χ2v) is 7.19. The second kappa shape index (κ2) is 7.13. The van der Waals surface area contributed by atoms with E-state index in [0.29, 0.717) is 16.3 Å². The standard InChI is InChI=1S/C20H13BrClN3O2/c1-27-20(26)13-8-15(22)18(23-10-13)11-2-4-12(5-3-11)19-24-16-7-6-14(21)9-17(16)25-19/h2-10H,1H3,(H,24,25). The third kappa shape index (κ3) is 3.46. The molecule has 2 aromatic heterocycles. The van der Waals surface area contributed by atoms with Crippen LogP contribution in [0, 0.1) is 0 Å². The molecule has 0 fully saturated rings. The normalized spacial score (nSPS) is 10.9. The maximum absolute atomic E-state index is 11.6. The van der Waals surface area contributed by atoms with Crippen LogP contribution in [0.4, 0.5) is 0 Å². The predicted octanol–water partition coefficient (Wildman–Crippen LogP) is 5.49. The smallest absolute Gasteiger partial charge is 0.339 e. The summed E-state index contributed by atoms with van der Waals surface area (Å²) in [6, 6.07) is 15.2. The van der Waals surface area contributed by atoms with Gasteiger partial charge in [0.1, 0.15) is 5.82 Å². The Hall–Kier alpha value is -2.70. The molecule has 0 aliphatic rings. The quantitative estimate of drug-likeness (QED) is 0.426. The number of pyridine rings is 1. The van der Waals surface area contributed by atoms with Gasteiger partial charge in [-0.05, 0) is 24.3 Å². The van der Waals surface area contributed by atoms with Crippen LogP contribution in [0.15, 0.2) is 59.2 Å². The zero-order valence-corrected chi connectivity index (χ0v) is 16.5. The first-order chi connectivity index (χ1) is 13.0. The molecule has 7 heteroatoms. The maximum atomic E-state index is 11.6. The van der Waals surface area contributed by atoms with Crippen LogP contribution >= 0.6 is 27.5 Å². The van der Waals surface area contributed by atoms with Crippen molar-refractivity contribution >= 4 is 44.5 Å². The van der Waals surface area contributed by atoms with E-state index >= 15 is 0 Å². The molecule has 0 saturated heterocycles. The lowest BCUT2D eigenvalue weighted by Crippen LogP contribution is -2.02. The molecule has 0 bridgehead atoms. The molecule has 0 aliphatic carbocycles. The highest BCUT2D eigenvalue weighted by Crippen LogP contribution is 2.29. The number of aromatic nitrogens is 3. The lowest BCUT2D eigenvalue weighted by Gasteiger charge is -2.06. The van der Waals surface area contributed by atoms with Crippen LogP contribution in [0.3, 0.4) is 0 Å². The number of carbonyl (C=O) groups is 1. The molecule has 1 N–H and O–H groups in total. The van der Waals surface area contributed by atoms with Gasteiger partial charge in [0, 0.05) is 21.8 Å². The van der Waals surface area contributed by atoms with Crippen LogP contribution < -0.4 is 0 Å². The monoisotopic (exact) mass is 441 g/mol. The molecule has 0 unspecified atom stereocenters. The zero-order valence-electron chi connectivity index (χ0n) is 14.2. The van der Waals surface area contributed by atoms with Crippen molar-refractivity contribution in [3.63, 3.8) is 0 Å². The molecule has 0 radical (unpaired) electrons. The van der Waals surface area contributed by atoms with E-state index in [2.05, 4.69) is 35.6 Å². The Morgan fingerprint density at radius 1 is 1.11 bits per heavy atom. The molecule has 0 spiro atoms. The summed E-state index contributed by atoms with van der Waals surface area (Å²) in [4.78, 5) is 23.8. The number of ether oxygens (including phenoxy) is 1. The van der Waals surface area contributed by atoms with Crippen LogP contribution in [0.5, 0.6) is 0 Å². The van der Waals surface area contributed by atoms with Crippen LogP contribution in [0.1, 0.15) is 10.4 Å². The molecule has 5 nitrogen and oxygen atoms in total. The van der Waals surface area contributed by atoms with E-state index in [1.165, 1.54) is 13.3 Å². The number of carbonyl (C=O) groups excluding carboxylic acids is 1. The molecule has 0 aliphatic heterocycles. The molecule has 2 heterocycles. The van der Waals surface area contributed by atoms with Gasteiger partial charge >= 0.3 is 5.97 Å². The number of rotatable bonds is 3. The van der Waals surface area contributed by atoms with Gasteiger partial charge in [0.05, 0.1) is 34.4 Å². The minimum absolute atomic E-state index is 0.316. The van der Waals surface area contributed by atoms with Gasteiger partial charge in [0.2, 0.25) is 0 Å². The van der Waals surface area contributed by atoms with E-state index in [1.807, 2.05) is 42.5 Å². The van der Waals surface area contributed by atoms with Gasteiger partial charge in [-0.1, -0.05) is 51.8 Å². The summed E-state index contributed by atoms with van der Waals surface area (Å²) in [5, 5.41) is 0.388. The van der Waals surface area contributed by atoms with Crippen LogP contribution in [0.25, 0.3) is 33.7 Å². The Bertz CT molecular complexity index is 1160. The maximum Gasteiger partial charge on any atom is 0.339 e. The lowest BCUT2D eigenvalue weighted by molar-refractivity contribution is 0.0600. The minimum atomic E-state index is -0.470. The highest BCUT2D eigenvalue weighted by Gasteiger charge is 2.12. The van der Waals surface area contributed by atoms with Gasteiger partial charge in [0.15, 0.2) is 0 Å². The molecular weight excluding hydrogens is 430 g/mol. The van der Waals surface area contributed by atoms with Crippen molar-refractivity contribution < 1.29 is 9.53 Å². The van der Waals surface area contributed by atoms with E-state index < -0.39 is 5.97 Å². The number of aromatic amines is 1. The average Bonchev–Trinajstić information content (AvgIpc) is 3.10. The topological polar surface area (TPSA) is 67.9 Å². The fourth-order valence-corrected chi connectivity index (χ4v) is 3.42. The van der Waals surface area contributed by atoms with Gasteiger partial charge in [-0.2, -0.15) is 0 Å². The molecule has 27 heavy (non-hydrogen) atoms. The summed E-state index contributed by atoms with van der Waals surface area (Å²) < 4.78 is 5.68. The number of hydrogen-bond acceptors (Lipinski definition) is 4. The van der Waals surface area contributed by atoms with Crippen molar-refractivity contribution in [3.8, 4) is 22.6 Å². The van der Waals surface area contributed by atoms with E-state index in [9.17, 15) is 4.79 Å². The Kier molecular flexibility index (Phi) is 4.68. The van der Waals surface area contributed by atoms with Crippen LogP contribution in [0.2, 0.25) is 5.02 Å². The second-order valence-electron chi connectivity index (χ2n) is 5.87. The Labute approximate surface area is 168 Å². The van der Waals surface area contributed by atoms with Crippen LogP contribution in [-0.2, 0) is 4.74 Å². The van der Waals surface area contributed by atoms with Crippen molar-refractivity contribution in [3.05, 3.63) is 69.8 Å². The summed E-state index contributed by atoms with van der Waals surface area (Å²) in [6.45, 7) is 0. The van der Waals surface area contributed by atoms with Crippen molar-refractivity contribution in [1.82, 2.24) is 15.0 Å². The highest BCUT2D eigenvalue weighted by molar-refractivity contribution is 9.10. The molecule has 4 rings (SSSR count). The molecule has 0 saturated carbocycles. The summed E-state index contributed by atoms with van der Waals surface area (Å²) in [6.07, 6.45) is 1.46. The van der Waals surface area contributed by atoms with Gasteiger partial charge in [-0.15, -0.1) is 0 Å². The molecule has 0 atom stereocenters. The first-order valence-corrected chi connectivity index (χ1v) is 9.22. The summed E-state index contributed by atoms with van der Waals surface area (Å²) in [5.41, 5.74) is 4.58. The number of benzene rings is 2. The first kappa shape index (κ1) is 17.7. The number of halogens is 2. The average molecular weight is 443 g/mol. The van der Waals surface area contributed by atoms with E-state index in [-0.39, 0.29) is 0 Å². The number of H-pyrrole nitrogens is 1. The van der Waals surface area contributed by atoms with E-state index in [0.717, 1.165) is 32.5 Å². The molecular formula is C20H13BrClN3O2. The Morgan fingerprint density at radius 3 is 2.56 bits per heavy atom. The number of esters is 1. The lowest BCUT2D eigenvalue weighted by atomic mass is 10.1. The fraction of sp³-hybridized carbons (Fsp3) is 0.0500. The molecule has 0 amide bonds.